The lowest BCUT2D eigenvalue weighted by Gasteiger charge is -2.31. The van der Waals surface area contributed by atoms with E-state index < -0.39 is 4.99 Å². The van der Waals surface area contributed by atoms with Gasteiger partial charge in [-0.05, 0) is 49.8 Å². The molecule has 0 bridgehead atoms. The molecule has 0 aliphatic carbocycles. The van der Waals surface area contributed by atoms with Crippen molar-refractivity contribution in [3.63, 3.8) is 0 Å². The Bertz CT molecular complexity index is 1190. The van der Waals surface area contributed by atoms with Gasteiger partial charge >= 0.3 is 5.82 Å². The van der Waals surface area contributed by atoms with Crippen molar-refractivity contribution in [2.75, 3.05) is 4.90 Å². The zero-order valence-electron chi connectivity index (χ0n) is 18.2. The predicted molar refractivity (Wildman–Crippen MR) is 126 cm³/mol. The van der Waals surface area contributed by atoms with Gasteiger partial charge in [-0.2, -0.15) is 0 Å². The topological polar surface area (TPSA) is 50.7 Å². The molecule has 0 N–H and O–H groups in total. The highest BCUT2D eigenvalue weighted by molar-refractivity contribution is 8.03. The van der Waals surface area contributed by atoms with E-state index in [9.17, 15) is 0 Å². The molecule has 1 aliphatic rings. The van der Waals surface area contributed by atoms with Crippen molar-refractivity contribution in [1.82, 2.24) is 20.1 Å². The van der Waals surface area contributed by atoms with Crippen LogP contribution in [0.15, 0.2) is 71.8 Å². The zero-order chi connectivity index (χ0) is 21.6. The number of benzene rings is 2. The molecule has 164 valence electrons. The SMILES string of the molecule is CC1=CN(c2nc(C)c(C)s2)C(C)([n+]2c(-c3ccccc3)nnn2-c2ccccc2)S1.[Br-]. The molecule has 1 unspecified atom stereocenters. The van der Waals surface area contributed by atoms with E-state index in [2.05, 4.69) is 65.9 Å². The van der Waals surface area contributed by atoms with Crippen molar-refractivity contribution in [2.45, 2.75) is 32.7 Å². The number of aromatic nitrogens is 5. The third-order valence-corrected chi connectivity index (χ3v) is 7.62. The predicted octanol–water partition coefficient (Wildman–Crippen LogP) is 2.04. The van der Waals surface area contributed by atoms with Crippen molar-refractivity contribution in [2.24, 2.45) is 0 Å². The summed E-state index contributed by atoms with van der Waals surface area (Å²) in [5.74, 6) is 0.803. The summed E-state index contributed by atoms with van der Waals surface area (Å²) >= 11 is 3.49. The Hall–Kier alpha value is -2.49. The highest BCUT2D eigenvalue weighted by Gasteiger charge is 2.49. The molecule has 0 amide bonds. The van der Waals surface area contributed by atoms with Crippen LogP contribution in [0.25, 0.3) is 17.1 Å². The number of anilines is 1. The second-order valence-corrected chi connectivity index (χ2v) is 10.4. The minimum absolute atomic E-state index is 0. The average molecular weight is 528 g/mol. The summed E-state index contributed by atoms with van der Waals surface area (Å²) in [6.45, 7) is 8.51. The standard InChI is InChI=1S/C23H23N6S2.BrH/c1-16-15-27(22-24-17(2)18(3)30-22)23(4,31-16)28-21(19-11-7-5-8-12-19)25-26-29(28)20-13-9-6-10-14-20;/h5-15H,1-4H3;1H/q+1;/p-1. The summed E-state index contributed by atoms with van der Waals surface area (Å²) in [7, 11) is 0. The molecule has 5 rings (SSSR count). The van der Waals surface area contributed by atoms with E-state index >= 15 is 0 Å². The van der Waals surface area contributed by atoms with Crippen LogP contribution in [0.4, 0.5) is 5.13 Å². The summed E-state index contributed by atoms with van der Waals surface area (Å²) in [6.07, 6.45) is 2.17. The minimum atomic E-state index is -0.536. The highest BCUT2D eigenvalue weighted by Crippen LogP contribution is 2.46. The fourth-order valence-electron chi connectivity index (χ4n) is 3.74. The lowest BCUT2D eigenvalue weighted by molar-refractivity contribution is -0.793. The summed E-state index contributed by atoms with van der Waals surface area (Å²) in [4.78, 5) is 10.9. The van der Waals surface area contributed by atoms with Gasteiger partial charge in [0.25, 0.3) is 0 Å². The summed E-state index contributed by atoms with van der Waals surface area (Å²) < 4.78 is 2.17. The molecule has 32 heavy (non-hydrogen) atoms. The Morgan fingerprint density at radius 2 is 1.59 bits per heavy atom. The van der Waals surface area contributed by atoms with Crippen LogP contribution in [-0.2, 0) is 4.99 Å². The Kier molecular flexibility index (Phi) is 6.24. The van der Waals surface area contributed by atoms with Crippen molar-refractivity contribution < 1.29 is 21.7 Å². The third kappa shape index (κ3) is 3.78. The maximum atomic E-state index is 4.86. The second kappa shape index (κ2) is 8.80. The normalized spacial score (nSPS) is 17.9. The van der Waals surface area contributed by atoms with Gasteiger partial charge < -0.3 is 17.0 Å². The van der Waals surface area contributed by atoms with Crippen molar-refractivity contribution in [3.05, 3.63) is 82.3 Å². The van der Waals surface area contributed by atoms with Gasteiger partial charge in [0.2, 0.25) is 4.99 Å². The number of para-hydroxylation sites is 1. The molecule has 0 radical (unpaired) electrons. The first kappa shape index (κ1) is 22.7. The first-order valence-electron chi connectivity index (χ1n) is 10.1. The van der Waals surface area contributed by atoms with E-state index in [1.807, 2.05) is 53.3 Å². The Labute approximate surface area is 206 Å². The molecule has 1 aliphatic heterocycles. The summed E-state index contributed by atoms with van der Waals surface area (Å²) in [5, 5.41) is 10.2. The molecule has 0 saturated carbocycles. The molecular formula is C23H23BrN6S2. The molecule has 2 aromatic heterocycles. The average Bonchev–Trinajstić information content (AvgIpc) is 3.45. The van der Waals surface area contributed by atoms with Crippen molar-refractivity contribution in [1.29, 1.82) is 0 Å². The van der Waals surface area contributed by atoms with Gasteiger partial charge in [-0.25, -0.2) is 4.98 Å². The number of tetrazole rings is 1. The van der Waals surface area contributed by atoms with Gasteiger partial charge in [0.05, 0.1) is 11.3 Å². The fraction of sp³-hybridized carbons (Fsp3) is 0.217. The van der Waals surface area contributed by atoms with Crippen LogP contribution < -0.4 is 26.6 Å². The number of thiazole rings is 1. The largest absolute Gasteiger partial charge is 1.00 e. The lowest BCUT2D eigenvalue weighted by Crippen LogP contribution is -3.00. The molecule has 2 aromatic carbocycles. The number of allylic oxidation sites excluding steroid dienone is 1. The Morgan fingerprint density at radius 1 is 0.938 bits per heavy atom. The fourth-order valence-corrected chi connectivity index (χ4v) is 6.04. The monoisotopic (exact) mass is 526 g/mol. The Morgan fingerprint density at radius 3 is 2.22 bits per heavy atom. The third-order valence-electron chi connectivity index (χ3n) is 5.36. The van der Waals surface area contributed by atoms with Crippen molar-refractivity contribution in [3.8, 4) is 17.1 Å². The van der Waals surface area contributed by atoms with Crippen LogP contribution in [0.5, 0.6) is 0 Å². The van der Waals surface area contributed by atoms with E-state index in [4.69, 9.17) is 4.98 Å². The summed E-state index contributed by atoms with van der Waals surface area (Å²) in [5.41, 5.74) is 3.03. The van der Waals surface area contributed by atoms with Crippen LogP contribution in [0.2, 0.25) is 0 Å². The number of nitrogens with zero attached hydrogens (tertiary/aromatic N) is 6. The van der Waals surface area contributed by atoms with Crippen LogP contribution in [0.1, 0.15) is 24.4 Å². The molecule has 0 spiro atoms. The van der Waals surface area contributed by atoms with Gasteiger partial charge in [0.15, 0.2) is 10.3 Å². The first-order valence-corrected chi connectivity index (χ1v) is 11.7. The van der Waals surface area contributed by atoms with Crippen LogP contribution in [0, 0.1) is 13.8 Å². The number of thioether (sulfide) groups is 1. The van der Waals surface area contributed by atoms with Crippen LogP contribution in [-0.4, -0.2) is 20.1 Å². The maximum Gasteiger partial charge on any atom is 0.335 e. The highest BCUT2D eigenvalue weighted by atomic mass is 79.9. The maximum absolute atomic E-state index is 4.86. The van der Waals surface area contributed by atoms with E-state index in [0.29, 0.717) is 0 Å². The van der Waals surface area contributed by atoms with Crippen LogP contribution >= 0.6 is 23.1 Å². The molecule has 9 heteroatoms. The number of hydrogen-bond donors (Lipinski definition) is 0. The molecule has 1 atom stereocenters. The summed E-state index contributed by atoms with van der Waals surface area (Å²) in [6, 6.07) is 20.3. The number of halogens is 1. The first-order chi connectivity index (χ1) is 15.0. The quantitative estimate of drug-likeness (QED) is 0.381. The molecule has 0 fully saturated rings. The van der Waals surface area contributed by atoms with Crippen molar-refractivity contribution >= 4 is 28.2 Å². The Balaban J connectivity index is 0.00000245. The van der Waals surface area contributed by atoms with E-state index in [1.165, 1.54) is 9.78 Å². The van der Waals surface area contributed by atoms with Gasteiger partial charge in [-0.15, -0.1) is 16.0 Å². The van der Waals surface area contributed by atoms with E-state index in [-0.39, 0.29) is 17.0 Å². The molecule has 4 aromatic rings. The van der Waals surface area contributed by atoms with E-state index in [1.54, 1.807) is 23.1 Å². The smallest absolute Gasteiger partial charge is 0.335 e. The number of aryl methyl sites for hydroxylation is 2. The zero-order valence-corrected chi connectivity index (χ0v) is 21.4. The van der Waals surface area contributed by atoms with Gasteiger partial charge in [-0.1, -0.05) is 48.2 Å². The number of rotatable bonds is 4. The van der Waals surface area contributed by atoms with Crippen LogP contribution in [0.3, 0.4) is 0 Å². The number of hydrogen-bond acceptors (Lipinski definition) is 6. The lowest BCUT2D eigenvalue weighted by atomic mass is 10.2. The second-order valence-electron chi connectivity index (χ2n) is 7.60. The van der Waals surface area contributed by atoms with Gasteiger partial charge in [0, 0.05) is 22.9 Å². The molecule has 6 nitrogen and oxygen atoms in total. The van der Waals surface area contributed by atoms with Gasteiger partial charge in [-0.3, -0.25) is 4.90 Å². The van der Waals surface area contributed by atoms with E-state index in [0.717, 1.165) is 27.9 Å². The minimum Gasteiger partial charge on any atom is -1.00 e. The molecule has 0 saturated heterocycles. The van der Waals surface area contributed by atoms with Gasteiger partial charge in [0.1, 0.15) is 10.8 Å². The molecule has 3 heterocycles. The molecular weight excluding hydrogens is 504 g/mol.